The van der Waals surface area contributed by atoms with Gasteiger partial charge in [0, 0.05) is 34.6 Å². The van der Waals surface area contributed by atoms with Crippen LogP contribution in [0.1, 0.15) is 24.0 Å². The van der Waals surface area contributed by atoms with E-state index in [0.29, 0.717) is 5.92 Å². The Kier molecular flexibility index (Phi) is 2.23. The standard InChI is InChI=1S/C20H14N2/c1-12-15-5-3-11-22-20(15)16-9-8-13-6-7-14-4-2-10-21-19(14)18(13)17(12)16/h2-12H,1H3. The van der Waals surface area contributed by atoms with Crippen LogP contribution in [0.15, 0.2) is 60.9 Å². The molecule has 0 aliphatic heterocycles. The first-order valence-electron chi connectivity index (χ1n) is 7.60. The van der Waals surface area contributed by atoms with Crippen molar-refractivity contribution in [1.82, 2.24) is 9.97 Å². The lowest BCUT2D eigenvalue weighted by molar-refractivity contribution is 0.962. The van der Waals surface area contributed by atoms with Gasteiger partial charge < -0.3 is 0 Å². The van der Waals surface area contributed by atoms with Crippen molar-refractivity contribution >= 4 is 21.7 Å². The largest absolute Gasteiger partial charge is 0.256 e. The average molecular weight is 282 g/mol. The smallest absolute Gasteiger partial charge is 0.0783 e. The van der Waals surface area contributed by atoms with Gasteiger partial charge >= 0.3 is 0 Å². The van der Waals surface area contributed by atoms with Gasteiger partial charge in [-0.3, -0.25) is 9.97 Å². The summed E-state index contributed by atoms with van der Waals surface area (Å²) in [5.41, 5.74) is 6.17. The summed E-state index contributed by atoms with van der Waals surface area (Å²) < 4.78 is 0. The Hall–Kier alpha value is -2.74. The van der Waals surface area contributed by atoms with Gasteiger partial charge in [0.25, 0.3) is 0 Å². The molecule has 5 rings (SSSR count). The second-order valence-electron chi connectivity index (χ2n) is 5.93. The molecule has 22 heavy (non-hydrogen) atoms. The molecule has 1 unspecified atom stereocenters. The molecule has 0 saturated carbocycles. The van der Waals surface area contributed by atoms with Gasteiger partial charge in [0.05, 0.1) is 11.2 Å². The zero-order chi connectivity index (χ0) is 14.7. The van der Waals surface area contributed by atoms with Crippen LogP contribution in [-0.4, -0.2) is 9.97 Å². The summed E-state index contributed by atoms with van der Waals surface area (Å²) in [5.74, 6) is 0.356. The van der Waals surface area contributed by atoms with Gasteiger partial charge in [0.1, 0.15) is 0 Å². The van der Waals surface area contributed by atoms with Gasteiger partial charge in [-0.2, -0.15) is 0 Å². The van der Waals surface area contributed by atoms with E-state index >= 15 is 0 Å². The first-order valence-corrected chi connectivity index (χ1v) is 7.60. The quantitative estimate of drug-likeness (QED) is 0.428. The lowest BCUT2D eigenvalue weighted by Crippen LogP contribution is -1.93. The van der Waals surface area contributed by atoms with Gasteiger partial charge in [0.15, 0.2) is 0 Å². The maximum atomic E-state index is 4.66. The maximum absolute atomic E-state index is 4.66. The number of pyridine rings is 2. The summed E-state index contributed by atoms with van der Waals surface area (Å²) in [5, 5.41) is 3.73. The van der Waals surface area contributed by atoms with Gasteiger partial charge in [-0.25, -0.2) is 0 Å². The molecule has 0 fully saturated rings. The van der Waals surface area contributed by atoms with E-state index in [1.54, 1.807) is 0 Å². The van der Waals surface area contributed by atoms with Gasteiger partial charge in [-0.05, 0) is 28.6 Å². The van der Waals surface area contributed by atoms with Crippen LogP contribution < -0.4 is 0 Å². The second-order valence-corrected chi connectivity index (χ2v) is 5.93. The average Bonchev–Trinajstić information content (AvgIpc) is 2.88. The molecule has 0 radical (unpaired) electrons. The van der Waals surface area contributed by atoms with E-state index in [2.05, 4.69) is 53.3 Å². The molecule has 1 aliphatic carbocycles. The van der Waals surface area contributed by atoms with Crippen LogP contribution in [0.2, 0.25) is 0 Å². The van der Waals surface area contributed by atoms with Crippen LogP contribution in [0.4, 0.5) is 0 Å². The van der Waals surface area contributed by atoms with Crippen molar-refractivity contribution in [2.75, 3.05) is 0 Å². The Morgan fingerprint density at radius 2 is 1.59 bits per heavy atom. The molecule has 2 nitrogen and oxygen atoms in total. The predicted molar refractivity (Wildman–Crippen MR) is 90.0 cm³/mol. The SMILES string of the molecule is CC1c2cccnc2-c2ccc3ccc4cccnc4c3c21. The maximum Gasteiger partial charge on any atom is 0.0783 e. The van der Waals surface area contributed by atoms with E-state index in [9.17, 15) is 0 Å². The van der Waals surface area contributed by atoms with Crippen molar-refractivity contribution in [3.05, 3.63) is 72.1 Å². The summed E-state index contributed by atoms with van der Waals surface area (Å²) in [7, 11) is 0. The summed E-state index contributed by atoms with van der Waals surface area (Å²) in [6.07, 6.45) is 3.76. The summed E-state index contributed by atoms with van der Waals surface area (Å²) in [6.45, 7) is 2.27. The molecule has 4 aromatic rings. The van der Waals surface area contributed by atoms with Crippen LogP contribution in [0.5, 0.6) is 0 Å². The van der Waals surface area contributed by atoms with E-state index in [1.165, 1.54) is 32.8 Å². The van der Waals surface area contributed by atoms with Crippen LogP contribution in [0, 0.1) is 0 Å². The Labute approximate surface area is 128 Å². The first-order chi connectivity index (χ1) is 10.8. The van der Waals surface area contributed by atoms with Crippen LogP contribution in [0.3, 0.4) is 0 Å². The van der Waals surface area contributed by atoms with Crippen molar-refractivity contribution in [2.45, 2.75) is 12.8 Å². The van der Waals surface area contributed by atoms with Crippen molar-refractivity contribution in [3.8, 4) is 11.3 Å². The molecule has 2 heteroatoms. The fourth-order valence-electron chi connectivity index (χ4n) is 3.78. The molecular formula is C20H14N2. The third kappa shape index (κ3) is 1.39. The van der Waals surface area contributed by atoms with Crippen molar-refractivity contribution in [1.29, 1.82) is 0 Å². The molecule has 0 N–H and O–H groups in total. The highest BCUT2D eigenvalue weighted by molar-refractivity contribution is 6.10. The molecule has 2 aromatic heterocycles. The first kappa shape index (κ1) is 11.9. The topological polar surface area (TPSA) is 25.8 Å². The Balaban J connectivity index is 2.00. The molecule has 0 saturated heterocycles. The van der Waals surface area contributed by atoms with E-state index in [-0.39, 0.29) is 0 Å². The van der Waals surface area contributed by atoms with Crippen molar-refractivity contribution < 1.29 is 0 Å². The van der Waals surface area contributed by atoms with Crippen LogP contribution in [-0.2, 0) is 0 Å². The zero-order valence-electron chi connectivity index (χ0n) is 12.2. The van der Waals surface area contributed by atoms with E-state index in [4.69, 9.17) is 0 Å². The highest BCUT2D eigenvalue weighted by Gasteiger charge is 2.28. The molecule has 104 valence electrons. The fourth-order valence-corrected chi connectivity index (χ4v) is 3.78. The molecule has 2 heterocycles. The predicted octanol–water partition coefficient (Wildman–Crippen LogP) is 4.92. The minimum Gasteiger partial charge on any atom is -0.256 e. The minimum atomic E-state index is 0.356. The number of hydrogen-bond acceptors (Lipinski definition) is 2. The Morgan fingerprint density at radius 3 is 2.55 bits per heavy atom. The molecule has 0 bridgehead atoms. The highest BCUT2D eigenvalue weighted by Crippen LogP contribution is 2.47. The van der Waals surface area contributed by atoms with Gasteiger partial charge in [-0.15, -0.1) is 0 Å². The number of benzene rings is 2. The van der Waals surface area contributed by atoms with Gasteiger partial charge in [0.2, 0.25) is 0 Å². The second kappa shape index (κ2) is 4.14. The number of rotatable bonds is 0. The minimum absolute atomic E-state index is 0.356. The molecule has 1 atom stereocenters. The summed E-state index contributed by atoms with van der Waals surface area (Å²) >= 11 is 0. The molecule has 0 spiro atoms. The van der Waals surface area contributed by atoms with E-state index in [0.717, 1.165) is 11.2 Å². The lowest BCUT2D eigenvalue weighted by Gasteiger charge is -2.12. The number of hydrogen-bond donors (Lipinski definition) is 0. The Morgan fingerprint density at radius 1 is 0.818 bits per heavy atom. The highest BCUT2D eigenvalue weighted by atomic mass is 14.7. The van der Waals surface area contributed by atoms with E-state index in [1.807, 2.05) is 24.5 Å². The molecule has 0 amide bonds. The summed E-state index contributed by atoms with van der Waals surface area (Å²) in [6, 6.07) is 17.1. The number of aromatic nitrogens is 2. The Bertz CT molecular complexity index is 1050. The van der Waals surface area contributed by atoms with Crippen molar-refractivity contribution in [3.63, 3.8) is 0 Å². The summed E-state index contributed by atoms with van der Waals surface area (Å²) in [4.78, 5) is 9.28. The third-order valence-corrected chi connectivity index (χ3v) is 4.79. The van der Waals surface area contributed by atoms with Crippen molar-refractivity contribution in [2.24, 2.45) is 0 Å². The fraction of sp³-hybridized carbons (Fsp3) is 0.100. The molecule has 2 aromatic carbocycles. The van der Waals surface area contributed by atoms with Crippen LogP contribution in [0.25, 0.3) is 32.9 Å². The van der Waals surface area contributed by atoms with E-state index < -0.39 is 0 Å². The normalized spacial score (nSPS) is 16.0. The third-order valence-electron chi connectivity index (χ3n) is 4.79. The number of nitrogens with zero attached hydrogens (tertiary/aromatic N) is 2. The van der Waals surface area contributed by atoms with Crippen LogP contribution >= 0.6 is 0 Å². The molecule has 1 aliphatic rings. The monoisotopic (exact) mass is 282 g/mol. The molecular weight excluding hydrogens is 268 g/mol. The lowest BCUT2D eigenvalue weighted by atomic mass is 9.92. The zero-order valence-corrected chi connectivity index (χ0v) is 12.2. The number of fused-ring (bicyclic) bond motifs is 7. The van der Waals surface area contributed by atoms with Gasteiger partial charge in [-0.1, -0.05) is 43.3 Å².